The third-order valence-corrected chi connectivity index (χ3v) is 8.28. The number of likely N-dealkylation sites (N-methyl/N-ethyl adjacent to an activating group) is 1. The molecule has 4 rings (SSSR count). The van der Waals surface area contributed by atoms with Gasteiger partial charge in [0.05, 0.1) is 6.04 Å². The summed E-state index contributed by atoms with van der Waals surface area (Å²) in [5, 5.41) is 10.2. The van der Waals surface area contributed by atoms with Crippen LogP contribution in [0, 0.1) is 5.92 Å². The van der Waals surface area contributed by atoms with E-state index in [0.29, 0.717) is 31.0 Å². The fourth-order valence-electron chi connectivity index (χ4n) is 5.61. The summed E-state index contributed by atoms with van der Waals surface area (Å²) in [6.07, 6.45) is 6.66. The molecule has 212 valence electrons. The van der Waals surface area contributed by atoms with Crippen molar-refractivity contribution in [2.24, 2.45) is 11.7 Å². The molecule has 1 aliphatic carbocycles. The molecule has 10 heteroatoms. The molecule has 1 aromatic carbocycles. The number of rotatable bonds is 9. The van der Waals surface area contributed by atoms with E-state index in [9.17, 15) is 14.4 Å². The Labute approximate surface area is 231 Å². The van der Waals surface area contributed by atoms with Gasteiger partial charge in [0, 0.05) is 50.5 Å². The van der Waals surface area contributed by atoms with Crippen molar-refractivity contribution in [2.75, 3.05) is 38.5 Å². The molecule has 0 radical (unpaired) electrons. The van der Waals surface area contributed by atoms with E-state index in [1.54, 1.807) is 16.9 Å². The van der Waals surface area contributed by atoms with Crippen molar-refractivity contribution in [3.8, 4) is 0 Å². The van der Waals surface area contributed by atoms with Crippen LogP contribution in [0.3, 0.4) is 0 Å². The zero-order chi connectivity index (χ0) is 27.9. The molecule has 1 aromatic heterocycles. The van der Waals surface area contributed by atoms with Gasteiger partial charge in [-0.05, 0) is 56.5 Å². The monoisotopic (exact) mass is 537 g/mol. The lowest BCUT2D eigenvalue weighted by molar-refractivity contribution is -0.134. The van der Waals surface area contributed by atoms with Gasteiger partial charge in [-0.1, -0.05) is 38.3 Å². The maximum atomic E-state index is 13.5. The normalized spacial score (nSPS) is 19.2. The largest absolute Gasteiger partial charge is 0.339 e. The van der Waals surface area contributed by atoms with E-state index in [1.165, 1.54) is 0 Å². The number of amides is 3. The third-order valence-electron chi connectivity index (χ3n) is 8.28. The molecule has 3 atom stereocenters. The van der Waals surface area contributed by atoms with Gasteiger partial charge in [-0.3, -0.25) is 19.1 Å². The third kappa shape index (κ3) is 7.05. The second-order valence-electron chi connectivity index (χ2n) is 10.9. The van der Waals surface area contributed by atoms with Crippen LogP contribution in [-0.2, 0) is 16.1 Å². The molecule has 1 aliphatic heterocycles. The molecule has 1 unspecified atom stereocenters. The van der Waals surface area contributed by atoms with Crippen molar-refractivity contribution in [3.63, 3.8) is 0 Å². The van der Waals surface area contributed by atoms with Gasteiger partial charge in [-0.15, -0.1) is 0 Å². The van der Waals surface area contributed by atoms with Gasteiger partial charge in [0.1, 0.15) is 11.7 Å². The minimum Gasteiger partial charge on any atom is -0.339 e. The number of piperazine rings is 1. The van der Waals surface area contributed by atoms with E-state index in [1.807, 2.05) is 43.0 Å². The van der Waals surface area contributed by atoms with E-state index in [4.69, 9.17) is 5.73 Å². The van der Waals surface area contributed by atoms with Crippen LogP contribution in [0.4, 0.5) is 5.69 Å². The number of anilines is 1. The average molecular weight is 538 g/mol. The molecule has 2 aliphatic rings. The Hall–Kier alpha value is -3.24. The van der Waals surface area contributed by atoms with Crippen LogP contribution in [-0.4, -0.2) is 82.6 Å². The van der Waals surface area contributed by atoms with Crippen LogP contribution in [0.5, 0.6) is 0 Å². The Bertz CT molecular complexity index is 1120. The van der Waals surface area contributed by atoms with Crippen LogP contribution >= 0.6 is 0 Å². The Morgan fingerprint density at radius 1 is 1.03 bits per heavy atom. The fraction of sp³-hybridized carbons (Fsp3) is 0.586. The van der Waals surface area contributed by atoms with Crippen molar-refractivity contribution < 1.29 is 14.4 Å². The predicted molar refractivity (Wildman–Crippen MR) is 151 cm³/mol. The molecular formula is C29H43N7O3. The summed E-state index contributed by atoms with van der Waals surface area (Å²) in [6.45, 7) is 7.56. The highest BCUT2D eigenvalue weighted by molar-refractivity contribution is 6.00. The maximum Gasteiger partial charge on any atom is 0.270 e. The lowest BCUT2D eigenvalue weighted by atomic mass is 9.83. The van der Waals surface area contributed by atoms with Crippen molar-refractivity contribution in [3.05, 3.63) is 47.8 Å². The first-order chi connectivity index (χ1) is 18.8. The summed E-state index contributed by atoms with van der Waals surface area (Å²) in [4.78, 5) is 43.5. The van der Waals surface area contributed by atoms with Gasteiger partial charge >= 0.3 is 0 Å². The van der Waals surface area contributed by atoms with Crippen molar-refractivity contribution in [2.45, 2.75) is 70.5 Å². The van der Waals surface area contributed by atoms with Gasteiger partial charge in [0.2, 0.25) is 11.8 Å². The van der Waals surface area contributed by atoms with Crippen LogP contribution in [0.2, 0.25) is 0 Å². The van der Waals surface area contributed by atoms with Crippen LogP contribution in [0.15, 0.2) is 36.5 Å². The highest BCUT2D eigenvalue weighted by Gasteiger charge is 2.32. The lowest BCUT2D eigenvalue weighted by Gasteiger charge is -2.35. The van der Waals surface area contributed by atoms with Crippen LogP contribution < -0.4 is 16.4 Å². The van der Waals surface area contributed by atoms with Gasteiger partial charge in [0.25, 0.3) is 5.91 Å². The molecule has 0 bridgehead atoms. The molecule has 1 saturated heterocycles. The fourth-order valence-corrected chi connectivity index (χ4v) is 5.61. The van der Waals surface area contributed by atoms with Crippen molar-refractivity contribution >= 4 is 23.4 Å². The molecule has 2 fully saturated rings. The zero-order valence-electron chi connectivity index (χ0n) is 23.4. The number of benzene rings is 1. The second kappa shape index (κ2) is 13.2. The number of carbonyl (C=O) groups is 3. The van der Waals surface area contributed by atoms with Crippen molar-refractivity contribution in [1.82, 2.24) is 24.9 Å². The summed E-state index contributed by atoms with van der Waals surface area (Å²) in [6, 6.07) is 7.90. The lowest BCUT2D eigenvalue weighted by Crippen LogP contribution is -2.53. The van der Waals surface area contributed by atoms with E-state index in [-0.39, 0.29) is 29.6 Å². The van der Waals surface area contributed by atoms with Crippen LogP contribution in [0.25, 0.3) is 0 Å². The standard InChI is InChI=1S/C29H43N7O3/c1-4-36-24(14-15-31-36)27(37)33-26(22-8-6-5-7-9-22)28(38)32-23-12-10-21(11-13-23)20(2)25(30)29(39)35-18-16-34(3)17-19-35/h10-15,20,22,25-26H,4-9,16-19,30H2,1-3H3,(H,32,38)(H,33,37)/t20-,25+,26?/m0/s1. The summed E-state index contributed by atoms with van der Waals surface area (Å²) >= 11 is 0. The Morgan fingerprint density at radius 3 is 2.33 bits per heavy atom. The molecule has 3 amide bonds. The molecule has 2 aromatic rings. The number of aromatic nitrogens is 2. The maximum absolute atomic E-state index is 13.5. The summed E-state index contributed by atoms with van der Waals surface area (Å²) < 4.78 is 1.63. The van der Waals surface area contributed by atoms with Gasteiger partial charge in [0.15, 0.2) is 0 Å². The quantitative estimate of drug-likeness (QED) is 0.451. The highest BCUT2D eigenvalue weighted by Crippen LogP contribution is 2.28. The SMILES string of the molecule is CCn1nccc1C(=O)NC(C(=O)Nc1ccc([C@H](C)[C@@H](N)C(=O)N2CCN(C)CC2)cc1)C1CCCCC1. The number of carbonyl (C=O) groups excluding carboxylic acids is 3. The Morgan fingerprint density at radius 2 is 1.69 bits per heavy atom. The second-order valence-corrected chi connectivity index (χ2v) is 10.9. The van der Waals surface area contributed by atoms with Crippen molar-refractivity contribution in [1.29, 1.82) is 0 Å². The summed E-state index contributed by atoms with van der Waals surface area (Å²) in [5.74, 6) is -0.620. The van der Waals surface area contributed by atoms with E-state index in [2.05, 4.69) is 27.7 Å². The first kappa shape index (κ1) is 28.8. The molecular weight excluding hydrogens is 494 g/mol. The number of hydrogen-bond acceptors (Lipinski definition) is 6. The number of aryl methyl sites for hydroxylation is 1. The Balaban J connectivity index is 1.40. The Kier molecular flexibility index (Phi) is 9.74. The summed E-state index contributed by atoms with van der Waals surface area (Å²) in [5.41, 5.74) is 8.42. The molecule has 10 nitrogen and oxygen atoms in total. The van der Waals surface area contributed by atoms with Gasteiger partial charge < -0.3 is 26.2 Å². The number of nitrogens with one attached hydrogen (secondary N) is 2. The molecule has 0 spiro atoms. The zero-order valence-corrected chi connectivity index (χ0v) is 23.4. The molecule has 1 saturated carbocycles. The number of hydrogen-bond donors (Lipinski definition) is 3. The predicted octanol–water partition coefficient (Wildman–Crippen LogP) is 2.43. The smallest absolute Gasteiger partial charge is 0.270 e. The minimum absolute atomic E-state index is 0.0246. The van der Waals surface area contributed by atoms with E-state index >= 15 is 0 Å². The molecule has 39 heavy (non-hydrogen) atoms. The average Bonchev–Trinajstić information content (AvgIpc) is 3.45. The number of nitrogens with zero attached hydrogens (tertiary/aromatic N) is 4. The minimum atomic E-state index is -0.633. The van der Waals surface area contributed by atoms with Gasteiger partial charge in [-0.2, -0.15) is 5.10 Å². The molecule has 4 N–H and O–H groups in total. The van der Waals surface area contributed by atoms with E-state index < -0.39 is 12.1 Å². The van der Waals surface area contributed by atoms with Crippen LogP contribution in [0.1, 0.15) is 67.9 Å². The molecule has 2 heterocycles. The topological polar surface area (TPSA) is 126 Å². The first-order valence-electron chi connectivity index (χ1n) is 14.2. The first-order valence-corrected chi connectivity index (χ1v) is 14.2. The van der Waals surface area contributed by atoms with E-state index in [0.717, 1.165) is 50.8 Å². The summed E-state index contributed by atoms with van der Waals surface area (Å²) in [7, 11) is 2.05. The highest BCUT2D eigenvalue weighted by atomic mass is 16.2. The van der Waals surface area contributed by atoms with Gasteiger partial charge in [-0.25, -0.2) is 0 Å². The number of nitrogens with two attached hydrogens (primary N) is 1.